The molecule has 7 nitrogen and oxygen atoms in total. The van der Waals surface area contributed by atoms with Crippen molar-refractivity contribution in [1.82, 2.24) is 20.6 Å². The molecular weight excluding hydrogens is 486 g/mol. The number of hydrogen-bond acceptors (Lipinski definition) is 6. The molecule has 0 aliphatic rings. The first-order valence-electron chi connectivity index (χ1n) is 6.45. The Kier molecular flexibility index (Phi) is 5.38. The van der Waals surface area contributed by atoms with Gasteiger partial charge in [-0.2, -0.15) is 5.21 Å². The van der Waals surface area contributed by atoms with Gasteiger partial charge < -0.3 is 15.5 Å². The number of fused-ring (bicyclic) bond motifs is 1. The van der Waals surface area contributed by atoms with Crippen LogP contribution in [0, 0.1) is 6.92 Å². The van der Waals surface area contributed by atoms with E-state index in [1.807, 2.05) is 13.0 Å². The first-order chi connectivity index (χ1) is 10.6. The largest absolute Gasteiger partial charge is 0.507 e. The summed E-state index contributed by atoms with van der Waals surface area (Å²) >= 11 is 1.28. The number of aromatic nitrogens is 4. The molecule has 1 aromatic heterocycles. The normalized spacial score (nSPS) is 10.3. The molecular formula is C14H12N5O2SW-. The van der Waals surface area contributed by atoms with Crippen LogP contribution in [0.15, 0.2) is 34.3 Å². The second-order valence-electron chi connectivity index (χ2n) is 4.71. The molecule has 0 unspecified atom stereocenters. The topological polar surface area (TPSA) is 102 Å². The number of carbonyl (C=O) groups is 1. The van der Waals surface area contributed by atoms with Crippen LogP contribution in [0.25, 0.3) is 10.8 Å². The van der Waals surface area contributed by atoms with E-state index in [0.717, 1.165) is 15.8 Å². The fourth-order valence-corrected chi connectivity index (χ4v) is 3.12. The fraction of sp³-hybridized carbons (Fsp3) is 0.143. The molecule has 2 aromatic carbocycles. The molecule has 2 N–H and O–H groups in total. The maximum absolute atomic E-state index is 11.4. The van der Waals surface area contributed by atoms with Crippen molar-refractivity contribution in [2.45, 2.75) is 23.9 Å². The van der Waals surface area contributed by atoms with Gasteiger partial charge in [0.05, 0.1) is 5.16 Å². The van der Waals surface area contributed by atoms with Gasteiger partial charge in [0.1, 0.15) is 5.75 Å². The van der Waals surface area contributed by atoms with Gasteiger partial charge in [-0.15, -0.1) is 0 Å². The minimum atomic E-state index is -0.184. The Morgan fingerprint density at radius 2 is 2.17 bits per heavy atom. The standard InChI is InChI=1S/C14H13N5O2S.W/c1-7-6-11(22-14-16-18-19-17-14)12-9(13(7)21)4-3-5-10(12)15-8(2)20;/h3-6H,1-2H3,(H3,15,16,17,18,19,20,21);/p-1. The fourth-order valence-electron chi connectivity index (χ4n) is 2.21. The Morgan fingerprint density at radius 3 is 2.83 bits per heavy atom. The van der Waals surface area contributed by atoms with E-state index < -0.39 is 0 Å². The second-order valence-corrected chi connectivity index (χ2v) is 5.72. The van der Waals surface area contributed by atoms with E-state index >= 15 is 0 Å². The minimum absolute atomic E-state index is 0. The van der Waals surface area contributed by atoms with Crippen molar-refractivity contribution >= 4 is 34.1 Å². The van der Waals surface area contributed by atoms with Crippen molar-refractivity contribution in [1.29, 1.82) is 0 Å². The number of hydrogen-bond donors (Lipinski definition) is 2. The molecule has 0 bridgehead atoms. The van der Waals surface area contributed by atoms with Crippen LogP contribution in [0.5, 0.6) is 5.75 Å². The summed E-state index contributed by atoms with van der Waals surface area (Å²) in [6.45, 7) is 3.25. The Morgan fingerprint density at radius 1 is 1.39 bits per heavy atom. The smallest absolute Gasteiger partial charge is 0.221 e. The third-order valence-electron chi connectivity index (χ3n) is 3.10. The van der Waals surface area contributed by atoms with E-state index in [0.29, 0.717) is 16.2 Å². The van der Waals surface area contributed by atoms with Crippen molar-refractivity contribution < 1.29 is 31.0 Å². The molecule has 118 valence electrons. The van der Waals surface area contributed by atoms with Crippen LogP contribution in [0.2, 0.25) is 0 Å². The van der Waals surface area contributed by atoms with E-state index in [1.54, 1.807) is 18.2 Å². The second kappa shape index (κ2) is 7.10. The van der Waals surface area contributed by atoms with Crippen LogP contribution in [0.3, 0.4) is 0 Å². The number of nitrogens with one attached hydrogen (secondary N) is 1. The summed E-state index contributed by atoms with van der Waals surface area (Å²) in [4.78, 5) is 12.2. The van der Waals surface area contributed by atoms with Gasteiger partial charge in [0.25, 0.3) is 0 Å². The van der Waals surface area contributed by atoms with Gasteiger partial charge in [-0.05, 0) is 24.6 Å². The molecule has 0 aliphatic heterocycles. The van der Waals surface area contributed by atoms with Crippen LogP contribution < -0.4 is 10.4 Å². The summed E-state index contributed by atoms with van der Waals surface area (Å²) in [7, 11) is 0. The van der Waals surface area contributed by atoms with Gasteiger partial charge in [0, 0.05) is 49.3 Å². The molecule has 0 spiro atoms. The first-order valence-corrected chi connectivity index (χ1v) is 7.27. The van der Waals surface area contributed by atoms with E-state index in [4.69, 9.17) is 0 Å². The first kappa shape index (κ1) is 17.4. The van der Waals surface area contributed by atoms with Crippen LogP contribution in [-0.2, 0) is 25.9 Å². The number of phenolic OH excluding ortho intramolecular Hbond substituents is 1. The molecule has 0 atom stereocenters. The number of aryl methyl sites for hydroxylation is 1. The summed E-state index contributed by atoms with van der Waals surface area (Å²) in [5, 5.41) is 29.4. The van der Waals surface area contributed by atoms with Gasteiger partial charge >= 0.3 is 0 Å². The molecule has 0 fully saturated rings. The van der Waals surface area contributed by atoms with E-state index in [-0.39, 0.29) is 32.7 Å². The molecule has 3 aromatic rings. The summed E-state index contributed by atoms with van der Waals surface area (Å²) in [5.41, 5.74) is 1.35. The van der Waals surface area contributed by atoms with Gasteiger partial charge in [-0.25, -0.2) is 0 Å². The number of nitrogens with zero attached hydrogens (tertiary/aromatic N) is 4. The Bertz CT molecular complexity index is 854. The van der Waals surface area contributed by atoms with Crippen molar-refractivity contribution in [2.75, 3.05) is 5.32 Å². The number of aromatic hydroxyl groups is 1. The molecule has 0 saturated carbocycles. The Hall–Kier alpha value is -1.92. The van der Waals surface area contributed by atoms with Crippen molar-refractivity contribution in [3.05, 3.63) is 29.8 Å². The van der Waals surface area contributed by atoms with Gasteiger partial charge in [-0.1, -0.05) is 23.9 Å². The Labute approximate surface area is 150 Å². The number of phenols is 1. The third-order valence-corrected chi connectivity index (χ3v) is 3.99. The third kappa shape index (κ3) is 3.54. The van der Waals surface area contributed by atoms with Gasteiger partial charge in [-0.3, -0.25) is 15.1 Å². The number of anilines is 1. The van der Waals surface area contributed by atoms with Gasteiger partial charge in [0.15, 0.2) is 0 Å². The number of tetrazole rings is 1. The maximum atomic E-state index is 11.4. The monoisotopic (exact) mass is 498 g/mol. The van der Waals surface area contributed by atoms with E-state index in [1.165, 1.54) is 18.7 Å². The van der Waals surface area contributed by atoms with Gasteiger partial charge in [0.2, 0.25) is 5.91 Å². The average Bonchev–Trinajstić information content (AvgIpc) is 2.96. The maximum Gasteiger partial charge on any atom is 0.221 e. The molecule has 9 heteroatoms. The zero-order valence-corrected chi connectivity index (χ0v) is 16.0. The zero-order chi connectivity index (χ0) is 15.7. The average molecular weight is 498 g/mol. The van der Waals surface area contributed by atoms with Crippen molar-refractivity contribution in [2.24, 2.45) is 0 Å². The zero-order valence-electron chi connectivity index (χ0n) is 12.3. The Balaban J connectivity index is 0.00000192. The molecule has 0 aliphatic carbocycles. The summed E-state index contributed by atoms with van der Waals surface area (Å²) in [6, 6.07) is 7.19. The van der Waals surface area contributed by atoms with Crippen molar-refractivity contribution in [3.8, 4) is 5.75 Å². The molecule has 1 heterocycles. The quantitative estimate of drug-likeness (QED) is 0.571. The van der Waals surface area contributed by atoms with Crippen LogP contribution in [-0.4, -0.2) is 26.5 Å². The predicted octanol–water partition coefficient (Wildman–Crippen LogP) is 2.10. The summed E-state index contributed by atoms with van der Waals surface area (Å²) in [5.74, 6) is 0.00244. The van der Waals surface area contributed by atoms with Crippen molar-refractivity contribution in [3.63, 3.8) is 0 Å². The van der Waals surface area contributed by atoms with E-state index in [9.17, 15) is 9.90 Å². The van der Waals surface area contributed by atoms with Crippen LogP contribution >= 0.6 is 11.8 Å². The number of rotatable bonds is 3. The SMILES string of the molecule is CC(=O)Nc1cccc2c(O)c(C)cc(Sc3nnn[n-]3)c12.[W]. The number of carbonyl (C=O) groups excluding carboxylic acids is 1. The molecule has 0 radical (unpaired) electrons. The van der Waals surface area contributed by atoms with Crippen LogP contribution in [0.1, 0.15) is 12.5 Å². The predicted molar refractivity (Wildman–Crippen MR) is 81.9 cm³/mol. The molecule has 23 heavy (non-hydrogen) atoms. The minimum Gasteiger partial charge on any atom is -0.507 e. The molecule has 3 rings (SSSR count). The number of amides is 1. The summed E-state index contributed by atoms with van der Waals surface area (Å²) in [6.07, 6.45) is 0. The molecule has 1 amide bonds. The summed E-state index contributed by atoms with van der Waals surface area (Å²) < 4.78 is 0. The van der Waals surface area contributed by atoms with E-state index in [2.05, 4.69) is 25.9 Å². The molecule has 0 saturated heterocycles. The van der Waals surface area contributed by atoms with Crippen LogP contribution in [0.4, 0.5) is 5.69 Å². The number of benzene rings is 2.